The number of nitrogens with two attached hydrogens (primary N) is 1. The van der Waals surface area contributed by atoms with Crippen molar-refractivity contribution < 1.29 is 9.21 Å². The minimum atomic E-state index is -0.515. The summed E-state index contributed by atoms with van der Waals surface area (Å²) in [5, 5.41) is 2.69. The minimum Gasteiger partial charge on any atom is -0.408 e. The Morgan fingerprint density at radius 1 is 1.59 bits per heavy atom. The van der Waals surface area contributed by atoms with Crippen molar-refractivity contribution in [3.63, 3.8) is 0 Å². The molecular formula is C11H13N3O3. The fourth-order valence-electron chi connectivity index (χ4n) is 1.53. The number of H-pyrrole nitrogens is 1. The van der Waals surface area contributed by atoms with Gasteiger partial charge in [-0.3, -0.25) is 9.78 Å². The van der Waals surface area contributed by atoms with E-state index in [1.54, 1.807) is 25.1 Å². The summed E-state index contributed by atoms with van der Waals surface area (Å²) < 4.78 is 4.85. The second-order valence-electron chi connectivity index (χ2n) is 3.96. The zero-order chi connectivity index (χ0) is 12.4. The van der Waals surface area contributed by atoms with Crippen molar-refractivity contribution in [2.75, 3.05) is 5.32 Å². The highest BCUT2D eigenvalue weighted by Gasteiger charge is 2.07. The molecule has 2 rings (SSSR count). The molecule has 6 nitrogen and oxygen atoms in total. The van der Waals surface area contributed by atoms with Gasteiger partial charge < -0.3 is 15.5 Å². The van der Waals surface area contributed by atoms with E-state index in [1.165, 1.54) is 0 Å². The van der Waals surface area contributed by atoms with Crippen molar-refractivity contribution >= 4 is 22.7 Å². The van der Waals surface area contributed by atoms with Gasteiger partial charge in [0, 0.05) is 18.2 Å². The van der Waals surface area contributed by atoms with Crippen LogP contribution in [0.1, 0.15) is 13.3 Å². The van der Waals surface area contributed by atoms with E-state index in [9.17, 15) is 9.59 Å². The highest BCUT2D eigenvalue weighted by atomic mass is 16.4. The molecule has 0 saturated heterocycles. The molecule has 0 aliphatic rings. The molecule has 6 heteroatoms. The molecule has 4 N–H and O–H groups in total. The Hall–Kier alpha value is -2.08. The van der Waals surface area contributed by atoms with Crippen molar-refractivity contribution in [3.8, 4) is 0 Å². The van der Waals surface area contributed by atoms with Gasteiger partial charge in [0.25, 0.3) is 0 Å². The number of aromatic nitrogens is 1. The third-order valence-electron chi connectivity index (χ3n) is 2.21. The molecule has 17 heavy (non-hydrogen) atoms. The Kier molecular flexibility index (Phi) is 2.97. The molecule has 0 fully saturated rings. The maximum absolute atomic E-state index is 11.5. The van der Waals surface area contributed by atoms with Gasteiger partial charge in [-0.15, -0.1) is 0 Å². The molecule has 0 saturated carbocycles. The number of carbonyl (C=O) groups excluding carboxylic acids is 1. The second-order valence-corrected chi connectivity index (χ2v) is 3.96. The van der Waals surface area contributed by atoms with E-state index < -0.39 is 5.76 Å². The van der Waals surface area contributed by atoms with Crippen LogP contribution in [0.4, 0.5) is 5.69 Å². The lowest BCUT2D eigenvalue weighted by molar-refractivity contribution is -0.116. The van der Waals surface area contributed by atoms with Crippen molar-refractivity contribution in [3.05, 3.63) is 28.7 Å². The smallest absolute Gasteiger partial charge is 0.408 e. The lowest BCUT2D eigenvalue weighted by Crippen LogP contribution is -2.23. The molecule has 2 aromatic rings. The first kappa shape index (κ1) is 11.4. The largest absolute Gasteiger partial charge is 0.417 e. The van der Waals surface area contributed by atoms with Gasteiger partial charge in [0.15, 0.2) is 5.58 Å². The van der Waals surface area contributed by atoms with Crippen LogP contribution < -0.4 is 16.8 Å². The van der Waals surface area contributed by atoms with Gasteiger partial charge in [-0.25, -0.2) is 4.79 Å². The Labute approximate surface area is 96.8 Å². The Bertz CT molecular complexity index is 597. The van der Waals surface area contributed by atoms with Crippen LogP contribution in [0.25, 0.3) is 11.1 Å². The normalized spacial score (nSPS) is 12.6. The first-order chi connectivity index (χ1) is 8.04. The zero-order valence-corrected chi connectivity index (χ0v) is 9.32. The fraction of sp³-hybridized carbons (Fsp3) is 0.273. The summed E-state index contributed by atoms with van der Waals surface area (Å²) in [4.78, 5) is 24.9. The number of amides is 1. The molecular weight excluding hydrogens is 222 g/mol. The van der Waals surface area contributed by atoms with Crippen molar-refractivity contribution in [2.45, 2.75) is 19.4 Å². The van der Waals surface area contributed by atoms with Crippen LogP contribution in [-0.2, 0) is 4.79 Å². The topological polar surface area (TPSA) is 101 Å². The highest BCUT2D eigenvalue weighted by Crippen LogP contribution is 2.16. The van der Waals surface area contributed by atoms with Gasteiger partial charge in [0.05, 0.1) is 5.52 Å². The van der Waals surface area contributed by atoms with Crippen molar-refractivity contribution in [1.29, 1.82) is 0 Å². The number of rotatable bonds is 3. The van der Waals surface area contributed by atoms with Crippen molar-refractivity contribution in [2.24, 2.45) is 5.73 Å². The summed E-state index contributed by atoms with van der Waals surface area (Å²) in [6, 6.07) is 4.74. The van der Waals surface area contributed by atoms with E-state index >= 15 is 0 Å². The van der Waals surface area contributed by atoms with Gasteiger partial charge in [0.2, 0.25) is 5.91 Å². The summed E-state index contributed by atoms with van der Waals surface area (Å²) in [7, 11) is 0. The second kappa shape index (κ2) is 4.42. The number of nitrogens with one attached hydrogen (secondary N) is 2. The van der Waals surface area contributed by atoms with E-state index in [2.05, 4.69) is 10.3 Å². The summed E-state index contributed by atoms with van der Waals surface area (Å²) in [6.07, 6.45) is 0.250. The van der Waals surface area contributed by atoms with Crippen LogP contribution in [-0.4, -0.2) is 16.9 Å². The lowest BCUT2D eigenvalue weighted by Gasteiger charge is -2.06. The summed E-state index contributed by atoms with van der Waals surface area (Å²) in [5.74, 6) is -0.677. The Balaban J connectivity index is 2.19. The molecule has 0 aliphatic heterocycles. The number of anilines is 1. The number of oxazole rings is 1. The van der Waals surface area contributed by atoms with E-state index in [-0.39, 0.29) is 18.4 Å². The van der Waals surface area contributed by atoms with E-state index in [1.807, 2.05) is 0 Å². The molecule has 1 heterocycles. The van der Waals surface area contributed by atoms with E-state index in [0.717, 1.165) is 0 Å². The number of carbonyl (C=O) groups is 1. The molecule has 90 valence electrons. The number of aromatic amines is 1. The number of hydrogen-bond acceptors (Lipinski definition) is 4. The first-order valence-electron chi connectivity index (χ1n) is 5.23. The van der Waals surface area contributed by atoms with Crippen molar-refractivity contribution in [1.82, 2.24) is 4.98 Å². The van der Waals surface area contributed by atoms with Crippen LogP contribution >= 0.6 is 0 Å². The molecule has 1 amide bonds. The third-order valence-corrected chi connectivity index (χ3v) is 2.21. The van der Waals surface area contributed by atoms with E-state index in [4.69, 9.17) is 10.2 Å². The molecule has 0 bridgehead atoms. The number of benzene rings is 1. The Morgan fingerprint density at radius 2 is 2.35 bits per heavy atom. The quantitative estimate of drug-likeness (QED) is 0.732. The van der Waals surface area contributed by atoms with Gasteiger partial charge in [-0.1, -0.05) is 0 Å². The van der Waals surface area contributed by atoms with Crippen LogP contribution in [0.15, 0.2) is 27.4 Å². The number of hydrogen-bond donors (Lipinski definition) is 3. The summed E-state index contributed by atoms with van der Waals surface area (Å²) in [5.41, 5.74) is 7.12. The standard InChI is InChI=1S/C11H13N3O3/c1-6(12)4-10(15)13-7-2-3-9-8(5-7)14-11(16)17-9/h2-3,5-6H,4,12H2,1H3,(H,13,15)(H,14,16). The monoisotopic (exact) mass is 235 g/mol. The molecule has 1 aromatic heterocycles. The van der Waals surface area contributed by atoms with Crippen LogP contribution in [0.5, 0.6) is 0 Å². The van der Waals surface area contributed by atoms with E-state index in [0.29, 0.717) is 16.8 Å². The summed E-state index contributed by atoms with van der Waals surface area (Å²) in [6.45, 7) is 1.76. The molecule has 0 spiro atoms. The van der Waals surface area contributed by atoms with Gasteiger partial charge in [-0.05, 0) is 25.1 Å². The van der Waals surface area contributed by atoms with Gasteiger partial charge >= 0.3 is 5.76 Å². The highest BCUT2D eigenvalue weighted by molar-refractivity contribution is 5.93. The Morgan fingerprint density at radius 3 is 3.06 bits per heavy atom. The van der Waals surface area contributed by atoms with Crippen LogP contribution in [0.3, 0.4) is 0 Å². The molecule has 1 atom stereocenters. The van der Waals surface area contributed by atoms with Gasteiger partial charge in [0.1, 0.15) is 0 Å². The summed E-state index contributed by atoms with van der Waals surface area (Å²) >= 11 is 0. The minimum absolute atomic E-state index is 0.162. The molecule has 0 radical (unpaired) electrons. The molecule has 1 aromatic carbocycles. The van der Waals surface area contributed by atoms with Crippen LogP contribution in [0, 0.1) is 0 Å². The van der Waals surface area contributed by atoms with Crippen LogP contribution in [0.2, 0.25) is 0 Å². The maximum atomic E-state index is 11.5. The molecule has 0 aliphatic carbocycles. The SMILES string of the molecule is CC(N)CC(=O)Nc1ccc2oc(=O)[nH]c2c1. The third kappa shape index (κ3) is 2.73. The average Bonchev–Trinajstić information content (AvgIpc) is 2.55. The zero-order valence-electron chi connectivity index (χ0n) is 9.32. The lowest BCUT2D eigenvalue weighted by atomic mass is 10.2. The predicted octanol–water partition coefficient (Wildman–Crippen LogP) is 0.797. The fourth-order valence-corrected chi connectivity index (χ4v) is 1.53. The molecule has 1 unspecified atom stereocenters. The predicted molar refractivity (Wildman–Crippen MR) is 63.7 cm³/mol. The first-order valence-corrected chi connectivity index (χ1v) is 5.23. The van der Waals surface area contributed by atoms with Gasteiger partial charge in [-0.2, -0.15) is 0 Å². The maximum Gasteiger partial charge on any atom is 0.417 e. The average molecular weight is 235 g/mol. The number of fused-ring (bicyclic) bond motifs is 1.